The maximum atomic E-state index is 11.8. The number of urea groups is 1. The third-order valence-corrected chi connectivity index (χ3v) is 3.54. The van der Waals surface area contributed by atoms with Crippen LogP contribution in [0.3, 0.4) is 0 Å². The first-order valence-electron chi connectivity index (χ1n) is 7.26. The third-order valence-electron chi connectivity index (χ3n) is 3.54. The number of rotatable bonds is 6. The second-order valence-corrected chi connectivity index (χ2v) is 5.12. The Bertz CT molecular complexity index is 562. The van der Waals surface area contributed by atoms with Gasteiger partial charge < -0.3 is 15.2 Å². The van der Waals surface area contributed by atoms with E-state index >= 15 is 0 Å². The zero-order valence-corrected chi connectivity index (χ0v) is 12.3. The lowest BCUT2D eigenvalue weighted by molar-refractivity contribution is 0.208. The Labute approximate surface area is 120 Å². The molecule has 0 radical (unpaired) electrons. The predicted octanol–water partition coefficient (Wildman–Crippen LogP) is 3.15. The second kappa shape index (κ2) is 6.98. The van der Waals surface area contributed by atoms with Gasteiger partial charge in [-0.15, -0.1) is 0 Å². The van der Waals surface area contributed by atoms with E-state index in [1.54, 1.807) is 4.90 Å². The Kier molecular flexibility index (Phi) is 5.04. The van der Waals surface area contributed by atoms with Gasteiger partial charge in [0.25, 0.3) is 0 Å². The van der Waals surface area contributed by atoms with Crippen molar-refractivity contribution in [3.8, 4) is 0 Å². The van der Waals surface area contributed by atoms with Gasteiger partial charge in [-0.1, -0.05) is 31.5 Å². The number of benzene rings is 1. The summed E-state index contributed by atoms with van der Waals surface area (Å²) in [5.41, 5.74) is 2.39. The Morgan fingerprint density at radius 3 is 2.95 bits per heavy atom. The van der Waals surface area contributed by atoms with E-state index < -0.39 is 0 Å². The van der Waals surface area contributed by atoms with Gasteiger partial charge in [0.15, 0.2) is 0 Å². The molecule has 4 heteroatoms. The maximum Gasteiger partial charge on any atom is 0.317 e. The van der Waals surface area contributed by atoms with E-state index in [1.807, 2.05) is 25.4 Å². The summed E-state index contributed by atoms with van der Waals surface area (Å²) in [5, 5.41) is 4.20. The molecule has 1 heterocycles. The van der Waals surface area contributed by atoms with E-state index in [2.05, 4.69) is 29.4 Å². The molecule has 0 aliphatic carbocycles. The van der Waals surface area contributed by atoms with Crippen molar-refractivity contribution in [3.63, 3.8) is 0 Å². The predicted molar refractivity (Wildman–Crippen MR) is 82.9 cm³/mol. The first kappa shape index (κ1) is 14.4. The fraction of sp³-hybridized carbons (Fsp3) is 0.438. The largest absolute Gasteiger partial charge is 0.361 e. The molecular formula is C16H23N3O. The zero-order chi connectivity index (χ0) is 14.4. The number of nitrogens with zero attached hydrogens (tertiary/aromatic N) is 1. The van der Waals surface area contributed by atoms with Crippen molar-refractivity contribution >= 4 is 16.9 Å². The van der Waals surface area contributed by atoms with Gasteiger partial charge in [-0.25, -0.2) is 4.79 Å². The number of fused-ring (bicyclic) bond motifs is 1. The number of H-pyrrole nitrogens is 1. The minimum absolute atomic E-state index is 0.0123. The highest BCUT2D eigenvalue weighted by Gasteiger charge is 2.07. The molecule has 0 atom stereocenters. The molecule has 0 aliphatic rings. The summed E-state index contributed by atoms with van der Waals surface area (Å²) >= 11 is 0. The van der Waals surface area contributed by atoms with Gasteiger partial charge in [0.2, 0.25) is 0 Å². The van der Waals surface area contributed by atoms with Gasteiger partial charge >= 0.3 is 6.03 Å². The summed E-state index contributed by atoms with van der Waals surface area (Å²) in [7, 11) is 1.84. The number of aromatic amines is 1. The number of amides is 2. The molecule has 0 fully saturated rings. The molecule has 2 rings (SSSR count). The van der Waals surface area contributed by atoms with Gasteiger partial charge in [-0.2, -0.15) is 0 Å². The normalized spacial score (nSPS) is 10.7. The quantitative estimate of drug-likeness (QED) is 0.834. The maximum absolute atomic E-state index is 11.8. The minimum atomic E-state index is 0.0123. The summed E-state index contributed by atoms with van der Waals surface area (Å²) in [5.74, 6) is 0. The monoisotopic (exact) mass is 273 g/mol. The highest BCUT2D eigenvalue weighted by Crippen LogP contribution is 2.17. The van der Waals surface area contributed by atoms with Crippen molar-refractivity contribution in [2.24, 2.45) is 0 Å². The summed E-state index contributed by atoms with van der Waals surface area (Å²) in [6, 6.07) is 8.24. The van der Waals surface area contributed by atoms with Gasteiger partial charge in [0.05, 0.1) is 0 Å². The smallest absolute Gasteiger partial charge is 0.317 e. The van der Waals surface area contributed by atoms with Crippen molar-refractivity contribution in [2.45, 2.75) is 26.2 Å². The average molecular weight is 273 g/mol. The first-order valence-corrected chi connectivity index (χ1v) is 7.26. The molecule has 0 unspecified atom stereocenters. The molecule has 2 amide bonds. The van der Waals surface area contributed by atoms with E-state index in [-0.39, 0.29) is 6.03 Å². The topological polar surface area (TPSA) is 48.1 Å². The lowest BCUT2D eigenvalue weighted by Gasteiger charge is -2.17. The molecule has 1 aromatic carbocycles. The molecule has 1 aromatic heterocycles. The molecule has 2 N–H and O–H groups in total. The van der Waals surface area contributed by atoms with Gasteiger partial charge in [0.1, 0.15) is 0 Å². The second-order valence-electron chi connectivity index (χ2n) is 5.12. The summed E-state index contributed by atoms with van der Waals surface area (Å²) < 4.78 is 0. The molecule has 0 aliphatic heterocycles. The van der Waals surface area contributed by atoms with Crippen molar-refractivity contribution in [2.75, 3.05) is 20.1 Å². The number of carbonyl (C=O) groups excluding carboxylic acids is 1. The number of aromatic nitrogens is 1. The zero-order valence-electron chi connectivity index (χ0n) is 12.3. The van der Waals surface area contributed by atoms with Crippen molar-refractivity contribution in [3.05, 3.63) is 36.0 Å². The van der Waals surface area contributed by atoms with E-state index in [9.17, 15) is 4.79 Å². The van der Waals surface area contributed by atoms with Crippen LogP contribution < -0.4 is 5.32 Å². The van der Waals surface area contributed by atoms with Crippen molar-refractivity contribution in [1.82, 2.24) is 15.2 Å². The van der Waals surface area contributed by atoms with E-state index in [0.717, 1.165) is 31.3 Å². The Morgan fingerprint density at radius 1 is 1.35 bits per heavy atom. The number of hydrogen-bond acceptors (Lipinski definition) is 1. The lowest BCUT2D eigenvalue weighted by atomic mass is 10.1. The number of unbranched alkanes of at least 4 members (excludes halogenated alkanes) is 1. The summed E-state index contributed by atoms with van der Waals surface area (Å²) in [6.07, 6.45) is 5.02. The van der Waals surface area contributed by atoms with E-state index in [4.69, 9.17) is 0 Å². The van der Waals surface area contributed by atoms with Gasteiger partial charge in [-0.3, -0.25) is 0 Å². The summed E-state index contributed by atoms with van der Waals surface area (Å²) in [6.45, 7) is 3.61. The molecule has 4 nitrogen and oxygen atoms in total. The van der Waals surface area contributed by atoms with Crippen LogP contribution in [0, 0.1) is 0 Å². The van der Waals surface area contributed by atoms with Crippen LogP contribution in [0.25, 0.3) is 10.9 Å². The van der Waals surface area contributed by atoms with Gasteiger partial charge in [-0.05, 0) is 24.5 Å². The van der Waals surface area contributed by atoms with Crippen LogP contribution in [0.2, 0.25) is 0 Å². The Morgan fingerprint density at radius 2 is 2.15 bits per heavy atom. The first-order chi connectivity index (χ1) is 9.72. The van der Waals surface area contributed by atoms with Crippen LogP contribution in [-0.4, -0.2) is 36.1 Å². The lowest BCUT2D eigenvalue weighted by Crippen LogP contribution is -2.38. The van der Waals surface area contributed by atoms with Crippen LogP contribution in [0.4, 0.5) is 4.79 Å². The summed E-state index contributed by atoms with van der Waals surface area (Å²) in [4.78, 5) is 16.9. The molecule has 0 bridgehead atoms. The van der Waals surface area contributed by atoms with Crippen LogP contribution in [0.1, 0.15) is 25.3 Å². The van der Waals surface area contributed by atoms with Crippen molar-refractivity contribution < 1.29 is 4.79 Å². The minimum Gasteiger partial charge on any atom is -0.361 e. The van der Waals surface area contributed by atoms with E-state index in [1.165, 1.54) is 10.9 Å². The van der Waals surface area contributed by atoms with Crippen LogP contribution in [0.15, 0.2) is 30.5 Å². The highest BCUT2D eigenvalue weighted by atomic mass is 16.2. The number of nitrogens with one attached hydrogen (secondary N) is 2. The van der Waals surface area contributed by atoms with E-state index in [0.29, 0.717) is 6.54 Å². The fourth-order valence-electron chi connectivity index (χ4n) is 2.27. The molecule has 0 saturated heterocycles. The van der Waals surface area contributed by atoms with Crippen molar-refractivity contribution in [1.29, 1.82) is 0 Å². The SMILES string of the molecule is CCCCN(C)C(=O)NCCc1c[nH]c2ccccc12. The Hall–Kier alpha value is -1.97. The van der Waals surface area contributed by atoms with Crippen LogP contribution in [-0.2, 0) is 6.42 Å². The number of hydrogen-bond donors (Lipinski definition) is 2. The fourth-order valence-corrected chi connectivity index (χ4v) is 2.27. The average Bonchev–Trinajstić information content (AvgIpc) is 2.88. The molecular weight excluding hydrogens is 250 g/mol. The van der Waals surface area contributed by atoms with Gasteiger partial charge in [0, 0.05) is 37.2 Å². The standard InChI is InChI=1S/C16H23N3O/c1-3-4-11-19(2)16(20)17-10-9-13-12-18-15-8-6-5-7-14(13)15/h5-8,12,18H,3-4,9-11H2,1-2H3,(H,17,20). The molecule has 0 saturated carbocycles. The Balaban J connectivity index is 1.82. The molecule has 108 valence electrons. The molecule has 20 heavy (non-hydrogen) atoms. The molecule has 0 spiro atoms. The number of carbonyl (C=O) groups is 1. The number of para-hydroxylation sites is 1. The molecule has 2 aromatic rings. The van der Waals surface area contributed by atoms with Crippen LogP contribution >= 0.6 is 0 Å². The van der Waals surface area contributed by atoms with Crippen LogP contribution in [0.5, 0.6) is 0 Å². The highest BCUT2D eigenvalue weighted by molar-refractivity contribution is 5.83. The third kappa shape index (κ3) is 3.53.